The zero-order valence-corrected chi connectivity index (χ0v) is 22.2. The first-order valence-electron chi connectivity index (χ1n) is 12.1. The number of aromatic nitrogens is 2. The molecule has 0 saturated heterocycles. The van der Waals surface area contributed by atoms with Crippen LogP contribution in [0.5, 0.6) is 5.75 Å². The lowest BCUT2D eigenvalue weighted by Crippen LogP contribution is -2.41. The molecule has 1 fully saturated rings. The molecule has 38 heavy (non-hydrogen) atoms. The van der Waals surface area contributed by atoms with Crippen molar-refractivity contribution < 1.29 is 22.7 Å². The van der Waals surface area contributed by atoms with Gasteiger partial charge in [-0.25, -0.2) is 4.98 Å². The molecule has 8 nitrogen and oxygen atoms in total. The van der Waals surface area contributed by atoms with Crippen molar-refractivity contribution in [2.45, 2.75) is 31.5 Å². The number of fused-ring (bicyclic) bond motifs is 3. The summed E-state index contributed by atoms with van der Waals surface area (Å²) < 4.78 is 44.2. The van der Waals surface area contributed by atoms with Crippen LogP contribution in [0.4, 0.5) is 30.6 Å². The highest BCUT2D eigenvalue weighted by atomic mass is 35.5. The van der Waals surface area contributed by atoms with Crippen LogP contribution in [0.25, 0.3) is 0 Å². The van der Waals surface area contributed by atoms with E-state index in [-0.39, 0.29) is 48.1 Å². The van der Waals surface area contributed by atoms with Gasteiger partial charge in [-0.1, -0.05) is 23.8 Å². The van der Waals surface area contributed by atoms with Crippen molar-refractivity contribution in [2.75, 3.05) is 37.4 Å². The third kappa shape index (κ3) is 5.94. The maximum atomic E-state index is 12.9. The van der Waals surface area contributed by atoms with Gasteiger partial charge in [0.05, 0.1) is 31.5 Å². The molecule has 0 spiro atoms. The van der Waals surface area contributed by atoms with Crippen molar-refractivity contribution in [2.24, 2.45) is 23.5 Å². The van der Waals surface area contributed by atoms with Gasteiger partial charge in [0.2, 0.25) is 11.9 Å². The minimum Gasteiger partial charge on any atom is -0.495 e. The number of primary amides is 1. The van der Waals surface area contributed by atoms with E-state index in [9.17, 15) is 18.0 Å². The maximum Gasteiger partial charge on any atom is 0.401 e. The average Bonchev–Trinajstić information content (AvgIpc) is 3.39. The molecule has 2 heterocycles. The fraction of sp³-hybridized carbons (Fsp3) is 0.480. The Labute approximate surface area is 229 Å². The summed E-state index contributed by atoms with van der Waals surface area (Å²) in [5.41, 5.74) is 8.16. The second-order valence-electron chi connectivity index (χ2n) is 9.77. The molecule has 0 unspecified atom stereocenters. The average molecular weight is 573 g/mol. The van der Waals surface area contributed by atoms with E-state index in [0.29, 0.717) is 48.2 Å². The largest absolute Gasteiger partial charge is 0.495 e. The van der Waals surface area contributed by atoms with E-state index < -0.39 is 12.7 Å². The Morgan fingerprint density at radius 2 is 1.89 bits per heavy atom. The lowest BCUT2D eigenvalue weighted by Gasteiger charge is -2.27. The summed E-state index contributed by atoms with van der Waals surface area (Å²) in [6, 6.07) is 3.51. The number of amides is 1. The molecule has 2 bridgehead atoms. The number of hydrogen-bond donors (Lipinski definition) is 3. The topological polar surface area (TPSA) is 105 Å². The van der Waals surface area contributed by atoms with Gasteiger partial charge in [-0.05, 0) is 54.4 Å². The highest BCUT2D eigenvalue weighted by Crippen LogP contribution is 2.45. The fourth-order valence-corrected chi connectivity index (χ4v) is 5.84. The smallest absolute Gasteiger partial charge is 0.401 e. The van der Waals surface area contributed by atoms with Gasteiger partial charge < -0.3 is 21.1 Å². The quantitative estimate of drug-likeness (QED) is 0.423. The van der Waals surface area contributed by atoms with Gasteiger partial charge in [-0.15, -0.1) is 12.4 Å². The number of carbonyl (C=O) groups excluding carboxylic acids is 1. The second kappa shape index (κ2) is 11.2. The lowest BCUT2D eigenvalue weighted by molar-refractivity contribution is -0.145. The SMILES string of the molecule is COc1cc2c(cc1Nc1ncc(Cl)c(N[C@@H]3[C@H](C(N)=O)[C@H]4C=C[C@@H]3C4)n1)CCN(CC(F)(F)F)CC2.Cl. The minimum absolute atomic E-state index is 0. The molecule has 5 rings (SSSR count). The number of ether oxygens (including phenoxy) is 1. The Hall–Kier alpha value is -2.76. The molecule has 4 atom stereocenters. The summed E-state index contributed by atoms with van der Waals surface area (Å²) in [7, 11) is 1.53. The molecule has 2 aromatic rings. The number of alkyl halides is 3. The van der Waals surface area contributed by atoms with Crippen LogP contribution in [0, 0.1) is 17.8 Å². The van der Waals surface area contributed by atoms with E-state index in [1.165, 1.54) is 18.2 Å². The number of rotatable bonds is 7. The van der Waals surface area contributed by atoms with Crippen molar-refractivity contribution in [1.82, 2.24) is 14.9 Å². The Morgan fingerprint density at radius 1 is 1.21 bits per heavy atom. The molecule has 4 N–H and O–H groups in total. The summed E-state index contributed by atoms with van der Waals surface area (Å²) in [6.07, 6.45) is 3.19. The van der Waals surface area contributed by atoms with Crippen LogP contribution >= 0.6 is 24.0 Å². The molecular weight excluding hydrogens is 544 g/mol. The summed E-state index contributed by atoms with van der Waals surface area (Å²) in [4.78, 5) is 22.3. The van der Waals surface area contributed by atoms with Gasteiger partial charge >= 0.3 is 6.18 Å². The van der Waals surface area contributed by atoms with E-state index in [0.717, 1.165) is 17.5 Å². The van der Waals surface area contributed by atoms with E-state index in [1.54, 1.807) is 0 Å². The van der Waals surface area contributed by atoms with Gasteiger partial charge in [0.1, 0.15) is 10.8 Å². The number of methoxy groups -OCH3 is 1. The number of nitrogens with two attached hydrogens (primary N) is 1. The van der Waals surface area contributed by atoms with Crippen molar-refractivity contribution in [1.29, 1.82) is 0 Å². The van der Waals surface area contributed by atoms with Gasteiger partial charge in [0.15, 0.2) is 5.82 Å². The Bertz CT molecular complexity index is 1230. The third-order valence-corrected chi connectivity index (χ3v) is 7.68. The molecule has 1 saturated carbocycles. The standard InChI is InChI=1S/C25H28ClF3N6O2.ClH/c1-37-19-10-14-5-7-35(12-25(27,28)29)6-4-13(14)9-18(19)32-24-31-11-17(26)23(34-24)33-21-16-3-2-15(8-16)20(21)22(30)36;/h2-3,9-11,15-16,20-21H,4-8,12H2,1H3,(H2,30,36)(H2,31,32,33,34);1H/t15-,16+,20+,21-;/m0./s1. The Morgan fingerprint density at radius 3 is 2.55 bits per heavy atom. The molecule has 13 heteroatoms. The fourth-order valence-electron chi connectivity index (χ4n) is 5.69. The molecule has 1 aliphatic heterocycles. The zero-order valence-electron chi connectivity index (χ0n) is 20.6. The third-order valence-electron chi connectivity index (χ3n) is 7.40. The van der Waals surface area contributed by atoms with E-state index in [2.05, 4.69) is 26.7 Å². The van der Waals surface area contributed by atoms with Crippen LogP contribution in [0.2, 0.25) is 5.02 Å². The normalized spacial score (nSPS) is 24.3. The predicted octanol–water partition coefficient (Wildman–Crippen LogP) is 4.35. The van der Waals surface area contributed by atoms with E-state index in [4.69, 9.17) is 22.1 Å². The van der Waals surface area contributed by atoms with Crippen LogP contribution < -0.4 is 21.1 Å². The number of allylic oxidation sites excluding steroid dienone is 1. The number of anilines is 3. The first-order chi connectivity index (χ1) is 17.6. The van der Waals surface area contributed by atoms with Crippen LogP contribution in [0.1, 0.15) is 17.5 Å². The summed E-state index contributed by atoms with van der Waals surface area (Å²) in [5, 5.41) is 6.77. The number of benzene rings is 1. The number of nitrogens with zero attached hydrogens (tertiary/aromatic N) is 3. The van der Waals surface area contributed by atoms with Gasteiger partial charge in [-0.3, -0.25) is 9.69 Å². The summed E-state index contributed by atoms with van der Waals surface area (Å²) >= 11 is 6.38. The van der Waals surface area contributed by atoms with Crippen LogP contribution in [0.15, 0.2) is 30.5 Å². The van der Waals surface area contributed by atoms with Crippen molar-refractivity contribution in [3.05, 3.63) is 46.6 Å². The summed E-state index contributed by atoms with van der Waals surface area (Å²) in [6.45, 7) is -0.294. The number of carbonyl (C=O) groups is 1. The number of nitrogens with one attached hydrogen (secondary N) is 2. The highest BCUT2D eigenvalue weighted by molar-refractivity contribution is 6.32. The first-order valence-corrected chi connectivity index (χ1v) is 12.5. The Balaban J connectivity index is 0.00000336. The van der Waals surface area contributed by atoms with Crippen LogP contribution in [-0.2, 0) is 17.6 Å². The number of halogens is 5. The highest BCUT2D eigenvalue weighted by Gasteiger charge is 2.47. The van der Waals surface area contributed by atoms with Crippen molar-refractivity contribution >= 4 is 47.4 Å². The molecule has 2 aliphatic carbocycles. The van der Waals surface area contributed by atoms with Gasteiger partial charge in [-0.2, -0.15) is 18.2 Å². The van der Waals surface area contributed by atoms with Crippen molar-refractivity contribution in [3.63, 3.8) is 0 Å². The maximum absolute atomic E-state index is 12.9. The molecule has 206 valence electrons. The molecule has 1 aromatic heterocycles. The van der Waals surface area contributed by atoms with Crippen LogP contribution in [0.3, 0.4) is 0 Å². The molecule has 1 amide bonds. The Kier molecular flexibility index (Phi) is 8.29. The monoisotopic (exact) mass is 572 g/mol. The first kappa shape index (κ1) is 28.3. The molecule has 1 aromatic carbocycles. The molecule has 0 radical (unpaired) electrons. The lowest BCUT2D eigenvalue weighted by atomic mass is 9.88. The second-order valence-corrected chi connectivity index (χ2v) is 10.2. The molecular formula is C25H29Cl2F3N6O2. The summed E-state index contributed by atoms with van der Waals surface area (Å²) in [5.74, 6) is 0.726. The van der Waals surface area contributed by atoms with Crippen LogP contribution in [-0.4, -0.2) is 59.7 Å². The molecule has 3 aliphatic rings. The van der Waals surface area contributed by atoms with E-state index in [1.807, 2.05) is 18.2 Å². The van der Waals surface area contributed by atoms with E-state index >= 15 is 0 Å². The predicted molar refractivity (Wildman–Crippen MR) is 141 cm³/mol. The minimum atomic E-state index is -4.23. The van der Waals surface area contributed by atoms with Crippen molar-refractivity contribution in [3.8, 4) is 5.75 Å². The zero-order chi connectivity index (χ0) is 26.3. The van der Waals surface area contributed by atoms with Gasteiger partial charge in [0, 0.05) is 19.1 Å². The van der Waals surface area contributed by atoms with Gasteiger partial charge in [0.25, 0.3) is 0 Å². The number of hydrogen-bond acceptors (Lipinski definition) is 7.